The number of carboxylic acids is 1. The Kier molecular flexibility index (Phi) is 9.57. The van der Waals surface area contributed by atoms with Crippen LogP contribution in [-0.2, 0) is 19.1 Å². The van der Waals surface area contributed by atoms with Gasteiger partial charge < -0.3 is 14.7 Å². The lowest BCUT2D eigenvalue weighted by atomic mass is 10.2. The number of methoxy groups -OCH3 is 1. The molecule has 3 amide bonds. The van der Waals surface area contributed by atoms with E-state index in [0.717, 1.165) is 0 Å². The van der Waals surface area contributed by atoms with Crippen molar-refractivity contribution in [1.29, 1.82) is 0 Å². The largest absolute Gasteiger partial charge is 0.481 e. The third kappa shape index (κ3) is 10.3. The Morgan fingerprint density at radius 1 is 1.05 bits per heavy atom. The van der Waals surface area contributed by atoms with Crippen LogP contribution in [0.25, 0.3) is 0 Å². The number of carbonyl (C=O) groups excluding carboxylic acids is 3. The molecule has 0 spiro atoms. The molecule has 21 heavy (non-hydrogen) atoms. The standard InChI is InChI=1S/C13H22N2O6/c1-15(9-5-8-12(19)21-2)13(20)14-10(16)6-3-4-7-11(17)18/h3-9H2,1-2H3,(H,17,18)(H,14,16,20). The average Bonchev–Trinajstić information content (AvgIpc) is 2.42. The zero-order chi connectivity index (χ0) is 16.3. The van der Waals surface area contributed by atoms with Gasteiger partial charge >= 0.3 is 18.0 Å². The molecule has 2 N–H and O–H groups in total. The normalized spacial score (nSPS) is 9.81. The van der Waals surface area contributed by atoms with Crippen molar-refractivity contribution in [1.82, 2.24) is 10.2 Å². The molecule has 0 saturated carbocycles. The van der Waals surface area contributed by atoms with Gasteiger partial charge in [0.2, 0.25) is 5.91 Å². The number of nitrogens with zero attached hydrogens (tertiary/aromatic N) is 1. The molecule has 0 aliphatic rings. The molecule has 0 atom stereocenters. The maximum Gasteiger partial charge on any atom is 0.323 e. The summed E-state index contributed by atoms with van der Waals surface area (Å²) in [5, 5.41) is 10.6. The number of amides is 3. The van der Waals surface area contributed by atoms with Gasteiger partial charge in [0.25, 0.3) is 0 Å². The van der Waals surface area contributed by atoms with Crippen molar-refractivity contribution < 1.29 is 29.0 Å². The molecule has 0 rings (SSSR count). The maximum absolute atomic E-state index is 11.6. The van der Waals surface area contributed by atoms with Crippen molar-refractivity contribution in [3.63, 3.8) is 0 Å². The first-order valence-corrected chi connectivity index (χ1v) is 6.70. The molecular formula is C13H22N2O6. The molecule has 0 radical (unpaired) electrons. The zero-order valence-corrected chi connectivity index (χ0v) is 12.4. The van der Waals surface area contributed by atoms with Gasteiger partial charge in [0.1, 0.15) is 0 Å². The van der Waals surface area contributed by atoms with Gasteiger partial charge in [0.15, 0.2) is 0 Å². The first-order valence-electron chi connectivity index (χ1n) is 6.70. The van der Waals surface area contributed by atoms with E-state index in [1.807, 2.05) is 0 Å². The van der Waals surface area contributed by atoms with Crippen LogP contribution in [-0.4, -0.2) is 54.6 Å². The summed E-state index contributed by atoms with van der Waals surface area (Å²) >= 11 is 0. The molecule has 0 aromatic carbocycles. The number of ether oxygens (including phenoxy) is 1. The topological polar surface area (TPSA) is 113 Å². The summed E-state index contributed by atoms with van der Waals surface area (Å²) in [5.74, 6) is -1.69. The van der Waals surface area contributed by atoms with E-state index in [4.69, 9.17) is 5.11 Å². The Morgan fingerprint density at radius 3 is 2.24 bits per heavy atom. The average molecular weight is 302 g/mol. The van der Waals surface area contributed by atoms with Crippen LogP contribution in [0, 0.1) is 0 Å². The predicted octanol–water partition coefficient (Wildman–Crippen LogP) is 0.753. The summed E-state index contributed by atoms with van der Waals surface area (Å²) in [4.78, 5) is 45.6. The molecule has 0 saturated heterocycles. The maximum atomic E-state index is 11.6. The Labute approximate surface area is 123 Å². The predicted molar refractivity (Wildman–Crippen MR) is 73.5 cm³/mol. The van der Waals surface area contributed by atoms with E-state index in [2.05, 4.69) is 10.1 Å². The van der Waals surface area contributed by atoms with Crippen LogP contribution in [0.15, 0.2) is 0 Å². The fraction of sp³-hybridized carbons (Fsp3) is 0.692. The lowest BCUT2D eigenvalue weighted by Crippen LogP contribution is -2.41. The highest BCUT2D eigenvalue weighted by atomic mass is 16.5. The highest BCUT2D eigenvalue weighted by molar-refractivity contribution is 5.94. The second-order valence-electron chi connectivity index (χ2n) is 4.56. The van der Waals surface area contributed by atoms with E-state index in [-0.39, 0.29) is 25.2 Å². The van der Waals surface area contributed by atoms with Gasteiger partial charge in [-0.2, -0.15) is 0 Å². The van der Waals surface area contributed by atoms with Gasteiger partial charge in [-0.25, -0.2) is 4.79 Å². The van der Waals surface area contributed by atoms with E-state index in [9.17, 15) is 19.2 Å². The van der Waals surface area contributed by atoms with Crippen LogP contribution in [0.5, 0.6) is 0 Å². The number of aliphatic carboxylic acids is 1. The van der Waals surface area contributed by atoms with Crippen molar-refractivity contribution in [2.45, 2.75) is 38.5 Å². The van der Waals surface area contributed by atoms with E-state index < -0.39 is 17.9 Å². The summed E-state index contributed by atoms with van der Waals surface area (Å²) in [6.45, 7) is 0.327. The summed E-state index contributed by atoms with van der Waals surface area (Å²) in [6, 6.07) is -0.539. The van der Waals surface area contributed by atoms with Gasteiger partial charge in [-0.05, 0) is 19.3 Å². The van der Waals surface area contributed by atoms with Crippen molar-refractivity contribution in [2.75, 3.05) is 20.7 Å². The second kappa shape index (κ2) is 10.6. The number of unbranched alkanes of at least 4 members (excludes halogenated alkanes) is 1. The number of rotatable bonds is 9. The van der Waals surface area contributed by atoms with Gasteiger partial charge in [-0.3, -0.25) is 19.7 Å². The molecule has 0 aromatic rings. The number of hydrogen-bond donors (Lipinski definition) is 2. The fourth-order valence-electron chi connectivity index (χ4n) is 1.50. The van der Waals surface area contributed by atoms with Crippen LogP contribution >= 0.6 is 0 Å². The highest BCUT2D eigenvalue weighted by Gasteiger charge is 2.12. The van der Waals surface area contributed by atoms with Crippen LogP contribution in [0.2, 0.25) is 0 Å². The van der Waals surface area contributed by atoms with E-state index in [0.29, 0.717) is 25.8 Å². The number of hydrogen-bond acceptors (Lipinski definition) is 5. The van der Waals surface area contributed by atoms with Crippen LogP contribution in [0.3, 0.4) is 0 Å². The minimum atomic E-state index is -0.906. The van der Waals surface area contributed by atoms with Gasteiger partial charge in [-0.15, -0.1) is 0 Å². The van der Waals surface area contributed by atoms with Crippen molar-refractivity contribution in [3.05, 3.63) is 0 Å². The zero-order valence-electron chi connectivity index (χ0n) is 12.4. The number of esters is 1. The number of carboxylic acid groups (broad SMARTS) is 1. The number of urea groups is 1. The lowest BCUT2D eigenvalue weighted by Gasteiger charge is -2.16. The SMILES string of the molecule is COC(=O)CCCN(C)C(=O)NC(=O)CCCCC(=O)O. The van der Waals surface area contributed by atoms with E-state index >= 15 is 0 Å². The van der Waals surface area contributed by atoms with Crippen molar-refractivity contribution in [2.24, 2.45) is 0 Å². The molecule has 0 bridgehead atoms. The molecule has 0 aromatic heterocycles. The van der Waals surface area contributed by atoms with Crippen LogP contribution in [0.1, 0.15) is 38.5 Å². The molecule has 8 nitrogen and oxygen atoms in total. The number of carbonyl (C=O) groups is 4. The van der Waals surface area contributed by atoms with Crippen molar-refractivity contribution in [3.8, 4) is 0 Å². The number of imide groups is 1. The van der Waals surface area contributed by atoms with Crippen LogP contribution in [0.4, 0.5) is 4.79 Å². The second-order valence-corrected chi connectivity index (χ2v) is 4.56. The molecule has 8 heteroatoms. The summed E-state index contributed by atoms with van der Waals surface area (Å²) in [7, 11) is 2.81. The van der Waals surface area contributed by atoms with E-state index in [1.54, 1.807) is 0 Å². The van der Waals surface area contributed by atoms with Gasteiger partial charge in [0, 0.05) is 32.9 Å². The molecule has 0 fully saturated rings. The van der Waals surface area contributed by atoms with Gasteiger partial charge in [0.05, 0.1) is 7.11 Å². The molecule has 0 heterocycles. The summed E-state index contributed by atoms with van der Waals surface area (Å²) in [6.07, 6.45) is 1.58. The Balaban J connectivity index is 3.81. The first kappa shape index (κ1) is 18.9. The lowest BCUT2D eigenvalue weighted by molar-refractivity contribution is -0.141. The minimum Gasteiger partial charge on any atom is -0.481 e. The molecule has 0 aliphatic carbocycles. The number of nitrogens with one attached hydrogen (secondary N) is 1. The van der Waals surface area contributed by atoms with Crippen LogP contribution < -0.4 is 5.32 Å². The van der Waals surface area contributed by atoms with E-state index in [1.165, 1.54) is 19.1 Å². The molecule has 0 aliphatic heterocycles. The summed E-state index contributed by atoms with van der Waals surface area (Å²) < 4.78 is 4.47. The van der Waals surface area contributed by atoms with Gasteiger partial charge in [-0.1, -0.05) is 0 Å². The minimum absolute atomic E-state index is 0.00859. The molecule has 120 valence electrons. The third-order valence-corrected chi connectivity index (χ3v) is 2.74. The first-order chi connectivity index (χ1) is 9.86. The Hall–Kier alpha value is -2.12. The van der Waals surface area contributed by atoms with Crippen molar-refractivity contribution >= 4 is 23.9 Å². The third-order valence-electron chi connectivity index (χ3n) is 2.74. The summed E-state index contributed by atoms with van der Waals surface area (Å²) in [5.41, 5.74) is 0. The molecule has 0 unspecified atom stereocenters. The Bertz CT molecular complexity index is 383. The molecular weight excluding hydrogens is 280 g/mol. The fourth-order valence-corrected chi connectivity index (χ4v) is 1.50. The Morgan fingerprint density at radius 2 is 1.67 bits per heavy atom. The highest BCUT2D eigenvalue weighted by Crippen LogP contribution is 2.00. The monoisotopic (exact) mass is 302 g/mol. The quantitative estimate of drug-likeness (QED) is 0.480. The smallest absolute Gasteiger partial charge is 0.323 e.